The molecule has 0 aromatic carbocycles. The van der Waals surface area contributed by atoms with E-state index < -0.39 is 0 Å². The lowest BCUT2D eigenvalue weighted by Gasteiger charge is -2.22. The minimum Gasteiger partial charge on any atom is -0.501 e. The predicted octanol–water partition coefficient (Wildman–Crippen LogP) is 1.28. The van der Waals surface area contributed by atoms with Crippen molar-refractivity contribution in [1.82, 2.24) is 10.4 Å². The van der Waals surface area contributed by atoms with Gasteiger partial charge in [0, 0.05) is 12.4 Å². The Kier molecular flexibility index (Phi) is 3.32. The highest BCUT2D eigenvalue weighted by molar-refractivity contribution is 5.25. The van der Waals surface area contributed by atoms with Crippen molar-refractivity contribution in [1.29, 1.82) is 0 Å². The van der Waals surface area contributed by atoms with Gasteiger partial charge in [-0.1, -0.05) is 0 Å². The number of hydrogen-bond donors (Lipinski definition) is 2. The molecule has 1 aromatic heterocycles. The van der Waals surface area contributed by atoms with Crippen molar-refractivity contribution in [2.45, 2.75) is 18.9 Å². The molecule has 3 N–H and O–H groups in total. The lowest BCUT2D eigenvalue weighted by molar-refractivity contribution is 0.219. The summed E-state index contributed by atoms with van der Waals surface area (Å²) in [6.07, 6.45) is 7.43. The van der Waals surface area contributed by atoms with Crippen LogP contribution in [0.2, 0.25) is 0 Å². The molecule has 0 amide bonds. The monoisotopic (exact) mass is 205 g/mol. The molecular formula is C11H15N3O. The minimum atomic E-state index is 0.0355. The van der Waals surface area contributed by atoms with Gasteiger partial charge in [-0.3, -0.25) is 10.8 Å². The van der Waals surface area contributed by atoms with Crippen LogP contribution in [0.15, 0.2) is 36.4 Å². The van der Waals surface area contributed by atoms with Crippen LogP contribution in [0.1, 0.15) is 24.4 Å². The first-order chi connectivity index (χ1) is 7.42. The van der Waals surface area contributed by atoms with Gasteiger partial charge >= 0.3 is 0 Å². The van der Waals surface area contributed by atoms with Gasteiger partial charge in [0.2, 0.25) is 0 Å². The number of ether oxygens (including phenoxy) is 1. The summed E-state index contributed by atoms with van der Waals surface area (Å²) in [4.78, 5) is 3.99. The molecule has 2 heterocycles. The van der Waals surface area contributed by atoms with Gasteiger partial charge in [-0.15, -0.1) is 0 Å². The van der Waals surface area contributed by atoms with E-state index >= 15 is 0 Å². The first-order valence-corrected chi connectivity index (χ1v) is 5.08. The van der Waals surface area contributed by atoms with Crippen LogP contribution in [0.5, 0.6) is 0 Å². The Balaban J connectivity index is 2.20. The number of aromatic nitrogens is 1. The van der Waals surface area contributed by atoms with Crippen LogP contribution in [-0.4, -0.2) is 11.6 Å². The van der Waals surface area contributed by atoms with Gasteiger partial charge in [-0.05, 0) is 36.1 Å². The SMILES string of the molecule is NNC(C1=COCCC1)c1ccncc1. The van der Waals surface area contributed by atoms with Gasteiger partial charge in [-0.25, -0.2) is 5.43 Å². The zero-order valence-corrected chi connectivity index (χ0v) is 8.52. The van der Waals surface area contributed by atoms with Crippen LogP contribution in [0.25, 0.3) is 0 Å². The Morgan fingerprint density at radius 3 is 2.80 bits per heavy atom. The summed E-state index contributed by atoms with van der Waals surface area (Å²) in [5.41, 5.74) is 5.12. The molecule has 1 atom stereocenters. The fraction of sp³-hybridized carbons (Fsp3) is 0.364. The van der Waals surface area contributed by atoms with Crippen molar-refractivity contribution in [3.05, 3.63) is 41.9 Å². The summed E-state index contributed by atoms with van der Waals surface area (Å²) in [6, 6.07) is 3.95. The third kappa shape index (κ3) is 2.34. The Hall–Kier alpha value is -1.39. The van der Waals surface area contributed by atoms with Crippen molar-refractivity contribution in [3.8, 4) is 0 Å². The molecule has 1 unspecified atom stereocenters. The van der Waals surface area contributed by atoms with Crippen LogP contribution < -0.4 is 11.3 Å². The molecule has 1 aromatic rings. The molecule has 2 rings (SSSR count). The van der Waals surface area contributed by atoms with E-state index in [-0.39, 0.29) is 6.04 Å². The van der Waals surface area contributed by atoms with E-state index in [0.29, 0.717) is 0 Å². The number of nitrogens with one attached hydrogen (secondary N) is 1. The van der Waals surface area contributed by atoms with Gasteiger partial charge in [0.25, 0.3) is 0 Å². The third-order valence-electron chi connectivity index (χ3n) is 2.54. The molecule has 0 bridgehead atoms. The molecule has 1 aliphatic rings. The van der Waals surface area contributed by atoms with Crippen molar-refractivity contribution in [2.75, 3.05) is 6.61 Å². The van der Waals surface area contributed by atoms with E-state index in [1.54, 1.807) is 12.4 Å². The van der Waals surface area contributed by atoms with Crippen LogP contribution in [-0.2, 0) is 4.74 Å². The molecular weight excluding hydrogens is 190 g/mol. The lowest BCUT2D eigenvalue weighted by Crippen LogP contribution is -2.30. The molecule has 0 fully saturated rings. The summed E-state index contributed by atoms with van der Waals surface area (Å²) in [5.74, 6) is 5.57. The molecule has 0 radical (unpaired) electrons. The van der Waals surface area contributed by atoms with Crippen molar-refractivity contribution in [2.24, 2.45) is 5.84 Å². The summed E-state index contributed by atoms with van der Waals surface area (Å²) >= 11 is 0. The highest BCUT2D eigenvalue weighted by Gasteiger charge is 2.17. The summed E-state index contributed by atoms with van der Waals surface area (Å²) < 4.78 is 5.31. The van der Waals surface area contributed by atoms with Crippen LogP contribution in [0.4, 0.5) is 0 Å². The maximum absolute atomic E-state index is 5.57. The zero-order valence-electron chi connectivity index (χ0n) is 8.52. The average Bonchev–Trinajstić information content (AvgIpc) is 2.33. The minimum absolute atomic E-state index is 0.0355. The average molecular weight is 205 g/mol. The Morgan fingerprint density at radius 1 is 1.40 bits per heavy atom. The van der Waals surface area contributed by atoms with Crippen molar-refractivity contribution in [3.63, 3.8) is 0 Å². The molecule has 80 valence electrons. The summed E-state index contributed by atoms with van der Waals surface area (Å²) in [6.45, 7) is 0.803. The molecule has 0 saturated carbocycles. The van der Waals surface area contributed by atoms with E-state index in [0.717, 1.165) is 25.0 Å². The number of rotatable bonds is 3. The largest absolute Gasteiger partial charge is 0.501 e. The maximum Gasteiger partial charge on any atom is 0.0876 e. The van der Waals surface area contributed by atoms with E-state index in [9.17, 15) is 0 Å². The number of hydrazine groups is 1. The standard InChI is InChI=1S/C11H15N3O/c12-14-11(9-3-5-13-6-4-9)10-2-1-7-15-8-10/h3-6,8,11,14H,1-2,7,12H2. The topological polar surface area (TPSA) is 60.2 Å². The lowest BCUT2D eigenvalue weighted by atomic mass is 9.97. The molecule has 0 aliphatic carbocycles. The summed E-state index contributed by atoms with van der Waals surface area (Å²) in [5, 5.41) is 0. The summed E-state index contributed by atoms with van der Waals surface area (Å²) in [7, 11) is 0. The van der Waals surface area contributed by atoms with Gasteiger partial charge in [0.15, 0.2) is 0 Å². The normalized spacial score (nSPS) is 17.8. The fourth-order valence-electron chi connectivity index (χ4n) is 1.77. The van der Waals surface area contributed by atoms with E-state index in [1.807, 2.05) is 18.4 Å². The quantitative estimate of drug-likeness (QED) is 0.576. The number of hydrogen-bond acceptors (Lipinski definition) is 4. The van der Waals surface area contributed by atoms with E-state index in [2.05, 4.69) is 10.4 Å². The molecule has 1 aliphatic heterocycles. The number of nitrogens with two attached hydrogens (primary N) is 1. The predicted molar refractivity (Wildman–Crippen MR) is 57.6 cm³/mol. The number of pyridine rings is 1. The van der Waals surface area contributed by atoms with Crippen LogP contribution in [0.3, 0.4) is 0 Å². The van der Waals surface area contributed by atoms with Gasteiger partial charge in [-0.2, -0.15) is 0 Å². The second-order valence-corrected chi connectivity index (χ2v) is 3.55. The van der Waals surface area contributed by atoms with Crippen molar-refractivity contribution < 1.29 is 4.74 Å². The molecule has 15 heavy (non-hydrogen) atoms. The number of nitrogens with zero attached hydrogens (tertiary/aromatic N) is 1. The van der Waals surface area contributed by atoms with Crippen LogP contribution in [0, 0.1) is 0 Å². The maximum atomic E-state index is 5.57. The Morgan fingerprint density at radius 2 is 2.20 bits per heavy atom. The van der Waals surface area contributed by atoms with E-state index in [1.165, 1.54) is 5.57 Å². The third-order valence-corrected chi connectivity index (χ3v) is 2.54. The first-order valence-electron chi connectivity index (χ1n) is 5.08. The van der Waals surface area contributed by atoms with Crippen molar-refractivity contribution >= 4 is 0 Å². The first kappa shape index (κ1) is 10.1. The highest BCUT2D eigenvalue weighted by Crippen LogP contribution is 2.26. The molecule has 0 spiro atoms. The van der Waals surface area contributed by atoms with Crippen LogP contribution >= 0.6 is 0 Å². The zero-order chi connectivity index (χ0) is 10.5. The molecule has 0 saturated heterocycles. The van der Waals surface area contributed by atoms with Gasteiger partial charge in [0.1, 0.15) is 0 Å². The fourth-order valence-corrected chi connectivity index (χ4v) is 1.77. The second kappa shape index (κ2) is 4.91. The van der Waals surface area contributed by atoms with E-state index in [4.69, 9.17) is 10.6 Å². The second-order valence-electron chi connectivity index (χ2n) is 3.55. The molecule has 4 nitrogen and oxygen atoms in total. The molecule has 4 heteroatoms. The van der Waals surface area contributed by atoms with Gasteiger partial charge < -0.3 is 4.74 Å². The Bertz CT molecular complexity index is 337. The smallest absolute Gasteiger partial charge is 0.0876 e. The highest BCUT2D eigenvalue weighted by atomic mass is 16.5. The van der Waals surface area contributed by atoms with Gasteiger partial charge in [0.05, 0.1) is 18.9 Å². The Labute approximate surface area is 89.1 Å².